The zero-order valence-electron chi connectivity index (χ0n) is 19.4. The van der Waals surface area contributed by atoms with Crippen molar-refractivity contribution in [2.75, 3.05) is 4.90 Å². The van der Waals surface area contributed by atoms with Crippen LogP contribution in [-0.4, -0.2) is 28.0 Å². The summed E-state index contributed by atoms with van der Waals surface area (Å²) < 4.78 is 7.73. The van der Waals surface area contributed by atoms with Crippen molar-refractivity contribution in [1.29, 1.82) is 0 Å². The summed E-state index contributed by atoms with van der Waals surface area (Å²) in [5, 5.41) is 3.86. The summed E-state index contributed by atoms with van der Waals surface area (Å²) in [6, 6.07) is 9.33. The van der Waals surface area contributed by atoms with Crippen LogP contribution >= 0.6 is 11.6 Å². The van der Waals surface area contributed by atoms with Gasteiger partial charge >= 0.3 is 0 Å². The molecule has 1 aromatic carbocycles. The standard InChI is InChI=1S/C26H30ClN3O3/c1-16-13-21-23(33-16)14-22-24(31)30(20-12-8-11-19(27)17(20)2)26(3,15-29(21)22)25(32)28-18-9-6-4-5-7-10-18/h8,11-14,18H,4-7,9-10,15H2,1-3H3,(H,28,32)/t26-/m0/s1. The van der Waals surface area contributed by atoms with Crippen LogP contribution in [0.25, 0.3) is 11.1 Å². The normalized spacial score (nSPS) is 21.8. The predicted molar refractivity (Wildman–Crippen MR) is 130 cm³/mol. The number of carbonyl (C=O) groups is 2. The van der Waals surface area contributed by atoms with Crippen molar-refractivity contribution in [3.8, 4) is 0 Å². The van der Waals surface area contributed by atoms with Crippen molar-refractivity contribution in [2.24, 2.45) is 0 Å². The lowest BCUT2D eigenvalue weighted by Gasteiger charge is -2.45. The third kappa shape index (κ3) is 3.65. The molecule has 174 valence electrons. The number of aryl methyl sites for hydroxylation is 1. The van der Waals surface area contributed by atoms with Crippen LogP contribution in [0.15, 0.2) is 34.7 Å². The van der Waals surface area contributed by atoms with Gasteiger partial charge in [0.1, 0.15) is 17.0 Å². The number of rotatable bonds is 3. The van der Waals surface area contributed by atoms with E-state index in [1.165, 1.54) is 12.8 Å². The number of hydrogen-bond donors (Lipinski definition) is 1. The number of nitrogens with zero attached hydrogens (tertiary/aromatic N) is 2. The molecule has 0 spiro atoms. The monoisotopic (exact) mass is 467 g/mol. The molecule has 0 unspecified atom stereocenters. The van der Waals surface area contributed by atoms with Crippen molar-refractivity contribution in [1.82, 2.24) is 9.88 Å². The third-order valence-electron chi connectivity index (χ3n) is 7.25. The molecular formula is C26H30ClN3O3. The molecule has 2 aliphatic rings. The van der Waals surface area contributed by atoms with Gasteiger partial charge in [-0.05, 0) is 51.3 Å². The lowest BCUT2D eigenvalue weighted by Crippen LogP contribution is -2.65. The summed E-state index contributed by atoms with van der Waals surface area (Å²) in [6.45, 7) is 5.97. The maximum atomic E-state index is 13.9. The molecule has 0 radical (unpaired) electrons. The summed E-state index contributed by atoms with van der Waals surface area (Å²) in [5.74, 6) is 0.421. The fourth-order valence-corrected chi connectivity index (χ4v) is 5.55. The number of furan rings is 1. The van der Waals surface area contributed by atoms with Crippen LogP contribution < -0.4 is 10.2 Å². The Morgan fingerprint density at radius 3 is 2.61 bits per heavy atom. The fourth-order valence-electron chi connectivity index (χ4n) is 5.38. The van der Waals surface area contributed by atoms with Crippen molar-refractivity contribution in [3.63, 3.8) is 0 Å². The van der Waals surface area contributed by atoms with Gasteiger partial charge in [-0.2, -0.15) is 0 Å². The first-order valence-electron chi connectivity index (χ1n) is 11.8. The maximum absolute atomic E-state index is 13.9. The number of halogens is 1. The summed E-state index contributed by atoms with van der Waals surface area (Å²) in [6.07, 6.45) is 6.61. The molecule has 3 aromatic rings. The van der Waals surface area contributed by atoms with Crippen molar-refractivity contribution >= 4 is 40.2 Å². The molecule has 0 saturated heterocycles. The van der Waals surface area contributed by atoms with Gasteiger partial charge in [-0.1, -0.05) is 43.4 Å². The molecular weight excluding hydrogens is 438 g/mol. The molecule has 1 aliphatic carbocycles. The van der Waals surface area contributed by atoms with Gasteiger partial charge in [-0.15, -0.1) is 0 Å². The zero-order valence-corrected chi connectivity index (χ0v) is 20.2. The number of nitrogens with one attached hydrogen (secondary N) is 1. The van der Waals surface area contributed by atoms with Gasteiger partial charge in [0, 0.05) is 28.9 Å². The minimum atomic E-state index is -1.12. The first kappa shape index (κ1) is 22.1. The van der Waals surface area contributed by atoms with Crippen LogP contribution in [-0.2, 0) is 11.3 Å². The Bertz CT molecular complexity index is 1240. The molecule has 1 aliphatic heterocycles. The van der Waals surface area contributed by atoms with E-state index in [4.69, 9.17) is 16.0 Å². The van der Waals surface area contributed by atoms with Gasteiger partial charge in [-0.3, -0.25) is 14.5 Å². The largest absolute Gasteiger partial charge is 0.460 e. The molecule has 0 bridgehead atoms. The molecule has 2 aromatic heterocycles. The number of benzene rings is 1. The Morgan fingerprint density at radius 2 is 1.88 bits per heavy atom. The van der Waals surface area contributed by atoms with E-state index in [9.17, 15) is 9.59 Å². The van der Waals surface area contributed by atoms with Gasteiger partial charge in [0.25, 0.3) is 5.91 Å². The van der Waals surface area contributed by atoms with Crippen LogP contribution in [0.5, 0.6) is 0 Å². The number of hydrogen-bond acceptors (Lipinski definition) is 3. The second-order valence-electron chi connectivity index (χ2n) is 9.68. The van der Waals surface area contributed by atoms with Crippen LogP contribution in [0.1, 0.15) is 67.3 Å². The quantitative estimate of drug-likeness (QED) is 0.498. The van der Waals surface area contributed by atoms with Gasteiger partial charge in [0.15, 0.2) is 5.58 Å². The van der Waals surface area contributed by atoms with Crippen molar-refractivity contribution in [3.05, 3.63) is 52.4 Å². The van der Waals surface area contributed by atoms with Gasteiger partial charge < -0.3 is 14.3 Å². The number of carbonyl (C=O) groups excluding carboxylic acids is 2. The minimum absolute atomic E-state index is 0.130. The topological polar surface area (TPSA) is 67.5 Å². The van der Waals surface area contributed by atoms with Crippen LogP contribution in [0, 0.1) is 13.8 Å². The van der Waals surface area contributed by atoms with E-state index in [0.29, 0.717) is 28.5 Å². The Labute approximate surface area is 198 Å². The molecule has 7 heteroatoms. The minimum Gasteiger partial charge on any atom is -0.460 e. The smallest absolute Gasteiger partial charge is 0.276 e. The van der Waals surface area contributed by atoms with Crippen molar-refractivity contribution < 1.29 is 14.0 Å². The molecule has 2 amide bonds. The summed E-state index contributed by atoms with van der Waals surface area (Å²) in [5.41, 5.74) is 2.33. The zero-order chi connectivity index (χ0) is 23.3. The third-order valence-corrected chi connectivity index (χ3v) is 7.66. The van der Waals surface area contributed by atoms with E-state index in [1.54, 1.807) is 17.0 Å². The first-order chi connectivity index (χ1) is 15.8. The maximum Gasteiger partial charge on any atom is 0.276 e. The van der Waals surface area contributed by atoms with Gasteiger partial charge in [0.05, 0.1) is 12.1 Å². The number of anilines is 1. The number of fused-ring (bicyclic) bond motifs is 3. The van der Waals surface area contributed by atoms with E-state index in [0.717, 1.165) is 42.5 Å². The number of amides is 2. The molecule has 33 heavy (non-hydrogen) atoms. The highest BCUT2D eigenvalue weighted by atomic mass is 35.5. The molecule has 6 nitrogen and oxygen atoms in total. The molecule has 5 rings (SSSR count). The average molecular weight is 468 g/mol. The van der Waals surface area contributed by atoms with E-state index >= 15 is 0 Å². The Kier molecular flexibility index (Phi) is 5.52. The highest BCUT2D eigenvalue weighted by molar-refractivity contribution is 6.32. The average Bonchev–Trinajstić information content (AvgIpc) is 3.16. The lowest BCUT2D eigenvalue weighted by atomic mass is 9.92. The van der Waals surface area contributed by atoms with Crippen LogP contribution in [0.4, 0.5) is 5.69 Å². The van der Waals surface area contributed by atoms with Gasteiger partial charge in [-0.25, -0.2) is 0 Å². The fraction of sp³-hybridized carbons (Fsp3) is 0.462. The van der Waals surface area contributed by atoms with E-state index < -0.39 is 5.54 Å². The summed E-state index contributed by atoms with van der Waals surface area (Å²) >= 11 is 6.43. The van der Waals surface area contributed by atoms with Gasteiger partial charge in [0.2, 0.25) is 5.91 Å². The van der Waals surface area contributed by atoms with Crippen LogP contribution in [0.2, 0.25) is 5.02 Å². The summed E-state index contributed by atoms with van der Waals surface area (Å²) in [7, 11) is 0. The van der Waals surface area contributed by atoms with E-state index in [-0.39, 0.29) is 17.9 Å². The highest BCUT2D eigenvalue weighted by Crippen LogP contribution is 2.39. The Morgan fingerprint density at radius 1 is 1.15 bits per heavy atom. The highest BCUT2D eigenvalue weighted by Gasteiger charge is 2.49. The molecule has 3 heterocycles. The molecule has 1 atom stereocenters. The first-order valence-corrected chi connectivity index (χ1v) is 12.2. The Balaban J connectivity index is 1.62. The number of aromatic nitrogens is 1. The molecule has 1 fully saturated rings. The lowest BCUT2D eigenvalue weighted by molar-refractivity contribution is -0.127. The summed E-state index contributed by atoms with van der Waals surface area (Å²) in [4.78, 5) is 29.5. The van der Waals surface area contributed by atoms with E-state index in [2.05, 4.69) is 5.32 Å². The second kappa shape index (κ2) is 8.24. The second-order valence-corrected chi connectivity index (χ2v) is 10.1. The SMILES string of the molecule is Cc1cc2c(cc3n2C[C@@](C)(C(=O)NC2CCCCCC2)N(c2cccc(Cl)c2C)C3=O)o1. The Hall–Kier alpha value is -2.73. The van der Waals surface area contributed by atoms with Crippen molar-refractivity contribution in [2.45, 2.75) is 77.4 Å². The van der Waals surface area contributed by atoms with E-state index in [1.807, 2.05) is 43.5 Å². The molecule has 1 N–H and O–H groups in total. The predicted octanol–water partition coefficient (Wildman–Crippen LogP) is 5.76. The molecule has 1 saturated carbocycles. The van der Waals surface area contributed by atoms with Crippen LogP contribution in [0.3, 0.4) is 0 Å².